The van der Waals surface area contributed by atoms with Crippen molar-refractivity contribution >= 4 is 35.6 Å². The molecule has 0 bridgehead atoms. The monoisotopic (exact) mass is 437 g/mol. The lowest BCUT2D eigenvalue weighted by Gasteiger charge is -2.13. The Morgan fingerprint density at radius 2 is 1.57 bits per heavy atom. The molecule has 0 fully saturated rings. The predicted molar refractivity (Wildman–Crippen MR) is 118 cm³/mol. The minimum atomic E-state index is 0. The maximum Gasteiger partial charge on any atom is 0.161 e. The van der Waals surface area contributed by atoms with Crippen molar-refractivity contribution < 1.29 is 9.47 Å². The summed E-state index contributed by atoms with van der Waals surface area (Å²) in [5, 5.41) is 4.62. The van der Waals surface area contributed by atoms with Gasteiger partial charge >= 0.3 is 0 Å². The summed E-state index contributed by atoms with van der Waals surface area (Å²) in [6, 6.07) is 21.6. The number of ether oxygens (including phenoxy) is 2. The van der Waals surface area contributed by atoms with Crippen LogP contribution in [0.5, 0.6) is 11.5 Å². The molecule has 0 spiro atoms. The van der Waals surface area contributed by atoms with Crippen molar-refractivity contribution in [2.45, 2.75) is 19.7 Å². The van der Waals surface area contributed by atoms with E-state index in [1.54, 1.807) is 19.2 Å². The zero-order valence-electron chi connectivity index (χ0n) is 15.5. The van der Waals surface area contributed by atoms with Gasteiger partial charge in [-0.3, -0.25) is 0 Å². The average Bonchev–Trinajstić information content (AvgIpc) is 2.68. The number of hydrogen-bond acceptors (Lipinski definition) is 3. The van der Waals surface area contributed by atoms with Gasteiger partial charge in [0.25, 0.3) is 0 Å². The van der Waals surface area contributed by atoms with E-state index in [0.717, 1.165) is 24.2 Å². The Balaban J connectivity index is 0.00000280. The minimum absolute atomic E-state index is 0. The molecule has 3 rings (SSSR count). The number of nitrogens with one attached hydrogen (secondary N) is 1. The van der Waals surface area contributed by atoms with Crippen LogP contribution in [0, 0.1) is 0 Å². The van der Waals surface area contributed by atoms with Crippen molar-refractivity contribution in [1.29, 1.82) is 0 Å². The second-order valence-corrected chi connectivity index (χ2v) is 6.94. The molecule has 3 nitrogen and oxygen atoms in total. The van der Waals surface area contributed by atoms with Crippen molar-refractivity contribution in [3.8, 4) is 11.5 Å². The molecule has 0 heterocycles. The molecule has 0 unspecified atom stereocenters. The van der Waals surface area contributed by atoms with E-state index in [1.807, 2.05) is 42.5 Å². The molecule has 0 saturated carbocycles. The number of hydrogen-bond donors (Lipinski definition) is 1. The van der Waals surface area contributed by atoms with Crippen LogP contribution in [-0.4, -0.2) is 7.11 Å². The molecule has 0 aliphatic rings. The van der Waals surface area contributed by atoms with E-state index in [2.05, 4.69) is 17.4 Å². The van der Waals surface area contributed by atoms with Gasteiger partial charge in [-0.15, -0.1) is 12.4 Å². The van der Waals surface area contributed by atoms with E-state index < -0.39 is 0 Å². The van der Waals surface area contributed by atoms with Gasteiger partial charge in [-0.25, -0.2) is 0 Å². The molecule has 148 valence electrons. The highest BCUT2D eigenvalue weighted by Crippen LogP contribution is 2.30. The Morgan fingerprint density at radius 3 is 2.29 bits per heavy atom. The van der Waals surface area contributed by atoms with Crippen molar-refractivity contribution in [3.05, 3.63) is 93.5 Å². The molecule has 0 radical (unpaired) electrons. The van der Waals surface area contributed by atoms with Gasteiger partial charge in [0.05, 0.1) is 7.11 Å². The van der Waals surface area contributed by atoms with Crippen LogP contribution in [0.25, 0.3) is 0 Å². The maximum absolute atomic E-state index is 6.20. The Kier molecular flexibility index (Phi) is 8.94. The van der Waals surface area contributed by atoms with Gasteiger partial charge in [0.15, 0.2) is 11.5 Å². The third-order valence-electron chi connectivity index (χ3n) is 4.13. The third kappa shape index (κ3) is 6.32. The summed E-state index contributed by atoms with van der Waals surface area (Å²) in [4.78, 5) is 0. The van der Waals surface area contributed by atoms with Crippen LogP contribution in [0.2, 0.25) is 10.0 Å². The van der Waals surface area contributed by atoms with Crippen molar-refractivity contribution in [3.63, 3.8) is 0 Å². The maximum atomic E-state index is 6.20. The summed E-state index contributed by atoms with van der Waals surface area (Å²) in [7, 11) is 1.64. The average molecular weight is 439 g/mol. The summed E-state index contributed by atoms with van der Waals surface area (Å²) >= 11 is 12.1. The van der Waals surface area contributed by atoms with Gasteiger partial charge in [0.1, 0.15) is 6.61 Å². The first-order valence-electron chi connectivity index (χ1n) is 8.64. The van der Waals surface area contributed by atoms with E-state index in [4.69, 9.17) is 32.7 Å². The minimum Gasteiger partial charge on any atom is -0.493 e. The number of halogens is 3. The lowest BCUT2D eigenvalue weighted by molar-refractivity contribution is 0.284. The summed E-state index contributed by atoms with van der Waals surface area (Å²) in [5.41, 5.74) is 3.25. The van der Waals surface area contributed by atoms with Crippen LogP contribution in [0.4, 0.5) is 0 Å². The van der Waals surface area contributed by atoms with E-state index in [9.17, 15) is 0 Å². The van der Waals surface area contributed by atoms with E-state index >= 15 is 0 Å². The molecule has 3 aromatic rings. The summed E-state index contributed by atoms with van der Waals surface area (Å²) in [6.07, 6.45) is 0. The fourth-order valence-corrected chi connectivity index (χ4v) is 3.15. The molecule has 0 saturated heterocycles. The van der Waals surface area contributed by atoms with Crippen LogP contribution in [0.15, 0.2) is 66.7 Å². The summed E-state index contributed by atoms with van der Waals surface area (Å²) < 4.78 is 11.4. The molecule has 0 aromatic heterocycles. The highest BCUT2D eigenvalue weighted by Gasteiger charge is 2.08. The molecular weight excluding hydrogens is 417 g/mol. The highest BCUT2D eigenvalue weighted by molar-refractivity contribution is 6.35. The van der Waals surface area contributed by atoms with Crippen molar-refractivity contribution in [1.82, 2.24) is 5.32 Å². The first-order valence-corrected chi connectivity index (χ1v) is 9.39. The second-order valence-electron chi connectivity index (χ2n) is 6.10. The van der Waals surface area contributed by atoms with Crippen LogP contribution in [-0.2, 0) is 19.7 Å². The van der Waals surface area contributed by atoms with Gasteiger partial charge < -0.3 is 14.8 Å². The van der Waals surface area contributed by atoms with Crippen molar-refractivity contribution in [2.24, 2.45) is 0 Å². The first kappa shape index (κ1) is 22.4. The van der Waals surface area contributed by atoms with Gasteiger partial charge in [-0.2, -0.15) is 0 Å². The van der Waals surface area contributed by atoms with E-state index in [-0.39, 0.29) is 12.4 Å². The quantitative estimate of drug-likeness (QED) is 0.448. The standard InChI is InChI=1S/C22H21Cl2NO2.ClH/c1-26-22-11-17(14-25-13-16-5-3-2-4-6-16)7-10-21(22)27-15-18-8-9-19(23)12-20(18)24;/h2-12,25H,13-15H2,1H3;1H. The Bertz CT molecular complexity index is 888. The zero-order valence-corrected chi connectivity index (χ0v) is 17.8. The predicted octanol–water partition coefficient (Wildman–Crippen LogP) is 6.29. The molecule has 0 amide bonds. The molecule has 6 heteroatoms. The fraction of sp³-hybridized carbons (Fsp3) is 0.182. The lowest BCUT2D eigenvalue weighted by Crippen LogP contribution is -2.12. The van der Waals surface area contributed by atoms with Crippen LogP contribution >= 0.6 is 35.6 Å². The Hall–Kier alpha value is -1.91. The van der Waals surface area contributed by atoms with Gasteiger partial charge in [-0.1, -0.05) is 65.7 Å². The zero-order chi connectivity index (χ0) is 19.1. The first-order chi connectivity index (χ1) is 13.2. The van der Waals surface area contributed by atoms with E-state index in [1.165, 1.54) is 5.56 Å². The van der Waals surface area contributed by atoms with Crippen LogP contribution in [0.1, 0.15) is 16.7 Å². The molecule has 0 atom stereocenters. The summed E-state index contributed by atoms with van der Waals surface area (Å²) in [5.74, 6) is 1.37. The molecular formula is C22H22Cl3NO2. The number of benzene rings is 3. The smallest absolute Gasteiger partial charge is 0.161 e. The summed E-state index contributed by atoms with van der Waals surface area (Å²) in [6.45, 7) is 1.91. The molecule has 28 heavy (non-hydrogen) atoms. The van der Waals surface area contributed by atoms with Crippen LogP contribution in [0.3, 0.4) is 0 Å². The third-order valence-corrected chi connectivity index (χ3v) is 4.71. The Labute approximate surface area is 182 Å². The molecule has 1 N–H and O–H groups in total. The number of methoxy groups -OCH3 is 1. The largest absolute Gasteiger partial charge is 0.493 e. The lowest BCUT2D eigenvalue weighted by atomic mass is 10.2. The normalized spacial score (nSPS) is 10.2. The fourth-order valence-electron chi connectivity index (χ4n) is 2.68. The van der Waals surface area contributed by atoms with Gasteiger partial charge in [-0.05, 0) is 35.4 Å². The molecule has 3 aromatic carbocycles. The number of rotatable bonds is 8. The van der Waals surface area contributed by atoms with Gasteiger partial charge in [0.2, 0.25) is 0 Å². The topological polar surface area (TPSA) is 30.5 Å². The Morgan fingerprint density at radius 1 is 0.821 bits per heavy atom. The second kappa shape index (κ2) is 11.2. The van der Waals surface area contributed by atoms with Crippen molar-refractivity contribution in [2.75, 3.05) is 7.11 Å². The molecule has 0 aliphatic heterocycles. The highest BCUT2D eigenvalue weighted by atomic mass is 35.5. The van der Waals surface area contributed by atoms with Gasteiger partial charge in [0, 0.05) is 28.7 Å². The SMILES string of the molecule is COc1cc(CNCc2ccccc2)ccc1OCc1ccc(Cl)cc1Cl.Cl. The molecule has 0 aliphatic carbocycles. The van der Waals surface area contributed by atoms with E-state index in [0.29, 0.717) is 28.2 Å². The van der Waals surface area contributed by atoms with Crippen LogP contribution < -0.4 is 14.8 Å².